The van der Waals surface area contributed by atoms with Crippen molar-refractivity contribution >= 4 is 43.8 Å². The Labute approximate surface area is 199 Å². The fourth-order valence-electron chi connectivity index (χ4n) is 3.18. The molecule has 33 heavy (non-hydrogen) atoms. The van der Waals surface area contributed by atoms with Gasteiger partial charge in [0.2, 0.25) is 5.91 Å². The molecule has 5 nitrogen and oxygen atoms in total. The van der Waals surface area contributed by atoms with E-state index in [1.807, 2.05) is 0 Å². The molecular weight excluding hydrogens is 483 g/mol. The first kappa shape index (κ1) is 23.1. The molecule has 0 aliphatic heterocycles. The Morgan fingerprint density at radius 2 is 1.58 bits per heavy atom. The number of thiazole rings is 1. The lowest BCUT2D eigenvalue weighted by molar-refractivity contribution is -0.115. The fourth-order valence-corrected chi connectivity index (χ4v) is 4.94. The molecule has 0 saturated carbocycles. The average molecular weight is 501 g/mol. The standard InChI is InChI=1S/C24H18ClFN2O3S2/c1-33(30,31)20-12-6-16(7-13-20)22-23(17-4-10-19(26)11-5-17)32-24(28-22)27-21(29)14-15-2-8-18(25)9-3-15/h2-13H,14H2,1H3,(H,27,28,29). The van der Waals surface area contributed by atoms with Crippen molar-refractivity contribution in [3.05, 3.63) is 89.2 Å². The zero-order valence-corrected chi connectivity index (χ0v) is 19.8. The highest BCUT2D eigenvalue weighted by Crippen LogP contribution is 2.39. The summed E-state index contributed by atoms with van der Waals surface area (Å²) in [5.74, 6) is -0.602. The first-order valence-electron chi connectivity index (χ1n) is 9.80. The predicted octanol–water partition coefficient (Wildman–Crippen LogP) is 5.85. The minimum absolute atomic E-state index is 0.154. The van der Waals surface area contributed by atoms with Gasteiger partial charge in [0.15, 0.2) is 15.0 Å². The molecule has 0 saturated heterocycles. The summed E-state index contributed by atoms with van der Waals surface area (Å²) >= 11 is 7.15. The van der Waals surface area contributed by atoms with Crippen molar-refractivity contribution in [1.29, 1.82) is 0 Å². The zero-order chi connectivity index (χ0) is 23.6. The molecule has 4 rings (SSSR count). The second kappa shape index (κ2) is 9.43. The van der Waals surface area contributed by atoms with E-state index < -0.39 is 9.84 Å². The van der Waals surface area contributed by atoms with Crippen LogP contribution in [0, 0.1) is 5.82 Å². The average Bonchev–Trinajstić information content (AvgIpc) is 3.19. The molecule has 0 unspecified atom stereocenters. The van der Waals surface area contributed by atoms with Crippen LogP contribution >= 0.6 is 22.9 Å². The number of nitrogens with one attached hydrogen (secondary N) is 1. The van der Waals surface area contributed by atoms with Gasteiger partial charge in [0, 0.05) is 16.8 Å². The van der Waals surface area contributed by atoms with Gasteiger partial charge < -0.3 is 5.32 Å². The third-order valence-corrected chi connectivity index (χ3v) is 7.21. The quantitative estimate of drug-likeness (QED) is 0.360. The smallest absolute Gasteiger partial charge is 0.230 e. The molecule has 0 spiro atoms. The number of carbonyl (C=O) groups is 1. The number of amides is 1. The molecule has 1 N–H and O–H groups in total. The van der Waals surface area contributed by atoms with Gasteiger partial charge in [-0.2, -0.15) is 0 Å². The molecule has 0 aliphatic rings. The van der Waals surface area contributed by atoms with Crippen molar-refractivity contribution in [2.24, 2.45) is 0 Å². The second-order valence-electron chi connectivity index (χ2n) is 7.35. The molecule has 0 fully saturated rings. The maximum absolute atomic E-state index is 13.5. The molecule has 0 bridgehead atoms. The fraction of sp³-hybridized carbons (Fsp3) is 0.0833. The van der Waals surface area contributed by atoms with Crippen LogP contribution in [0.4, 0.5) is 9.52 Å². The van der Waals surface area contributed by atoms with E-state index in [0.717, 1.165) is 22.3 Å². The molecule has 1 heterocycles. The Bertz CT molecular complexity index is 1400. The number of rotatable bonds is 6. The van der Waals surface area contributed by atoms with Gasteiger partial charge in [0.1, 0.15) is 5.82 Å². The van der Waals surface area contributed by atoms with Crippen LogP contribution in [-0.2, 0) is 21.1 Å². The highest BCUT2D eigenvalue weighted by atomic mass is 35.5. The van der Waals surface area contributed by atoms with Gasteiger partial charge in [-0.3, -0.25) is 4.79 Å². The van der Waals surface area contributed by atoms with Crippen molar-refractivity contribution in [2.75, 3.05) is 11.6 Å². The number of nitrogens with zero attached hydrogens (tertiary/aromatic N) is 1. The number of hydrogen-bond donors (Lipinski definition) is 1. The third kappa shape index (κ3) is 5.65. The van der Waals surface area contributed by atoms with Gasteiger partial charge in [-0.15, -0.1) is 0 Å². The maximum Gasteiger partial charge on any atom is 0.230 e. The summed E-state index contributed by atoms with van der Waals surface area (Å²) in [5, 5.41) is 3.79. The van der Waals surface area contributed by atoms with Crippen LogP contribution in [0.25, 0.3) is 21.7 Å². The summed E-state index contributed by atoms with van der Waals surface area (Å²) in [5.41, 5.74) is 2.78. The first-order chi connectivity index (χ1) is 15.7. The van der Waals surface area contributed by atoms with E-state index in [4.69, 9.17) is 11.6 Å². The molecule has 168 valence electrons. The number of carbonyl (C=O) groups excluding carboxylic acids is 1. The molecule has 0 radical (unpaired) electrons. The Balaban J connectivity index is 1.67. The Kier molecular flexibility index (Phi) is 6.60. The summed E-state index contributed by atoms with van der Waals surface area (Å²) in [7, 11) is -3.34. The molecule has 0 atom stereocenters. The van der Waals surface area contributed by atoms with Gasteiger partial charge in [0.05, 0.1) is 21.9 Å². The summed E-state index contributed by atoms with van der Waals surface area (Å²) in [4.78, 5) is 18.1. The number of halogens is 2. The van der Waals surface area contributed by atoms with Crippen LogP contribution in [-0.4, -0.2) is 25.6 Å². The van der Waals surface area contributed by atoms with Gasteiger partial charge in [0.25, 0.3) is 0 Å². The first-order valence-corrected chi connectivity index (χ1v) is 12.9. The largest absolute Gasteiger partial charge is 0.302 e. The van der Waals surface area contributed by atoms with E-state index in [0.29, 0.717) is 21.4 Å². The highest BCUT2D eigenvalue weighted by Gasteiger charge is 2.18. The van der Waals surface area contributed by atoms with Crippen LogP contribution in [0.3, 0.4) is 0 Å². The monoisotopic (exact) mass is 500 g/mol. The maximum atomic E-state index is 13.5. The van der Waals surface area contributed by atoms with Crippen LogP contribution in [0.1, 0.15) is 5.56 Å². The van der Waals surface area contributed by atoms with E-state index in [9.17, 15) is 17.6 Å². The summed E-state index contributed by atoms with van der Waals surface area (Å²) in [6.07, 6.45) is 1.30. The Morgan fingerprint density at radius 1 is 0.970 bits per heavy atom. The molecular formula is C24H18ClFN2O3S2. The van der Waals surface area contributed by atoms with Crippen LogP contribution in [0.15, 0.2) is 77.7 Å². The van der Waals surface area contributed by atoms with Gasteiger partial charge in [-0.05, 0) is 47.5 Å². The van der Waals surface area contributed by atoms with Crippen molar-refractivity contribution < 1.29 is 17.6 Å². The Hall–Kier alpha value is -3.07. The SMILES string of the molecule is CS(=O)(=O)c1ccc(-c2nc(NC(=O)Cc3ccc(Cl)cc3)sc2-c2ccc(F)cc2)cc1. The van der Waals surface area contributed by atoms with E-state index in [1.165, 1.54) is 35.6 Å². The van der Waals surface area contributed by atoms with Crippen molar-refractivity contribution in [3.63, 3.8) is 0 Å². The second-order valence-corrected chi connectivity index (χ2v) is 10.8. The number of hydrogen-bond acceptors (Lipinski definition) is 5. The highest BCUT2D eigenvalue weighted by molar-refractivity contribution is 7.90. The Morgan fingerprint density at radius 3 is 2.18 bits per heavy atom. The van der Waals surface area contributed by atoms with Crippen LogP contribution in [0.2, 0.25) is 5.02 Å². The van der Waals surface area contributed by atoms with Crippen molar-refractivity contribution in [3.8, 4) is 21.7 Å². The third-order valence-electron chi connectivity index (χ3n) is 4.81. The van der Waals surface area contributed by atoms with Crippen LogP contribution < -0.4 is 5.32 Å². The number of aromatic nitrogens is 1. The van der Waals surface area contributed by atoms with E-state index in [-0.39, 0.29) is 23.0 Å². The predicted molar refractivity (Wildman–Crippen MR) is 130 cm³/mol. The molecule has 9 heteroatoms. The van der Waals surface area contributed by atoms with Gasteiger partial charge >= 0.3 is 0 Å². The number of sulfone groups is 1. The number of benzene rings is 3. The minimum atomic E-state index is -3.34. The van der Waals surface area contributed by atoms with Gasteiger partial charge in [-0.1, -0.05) is 59.3 Å². The summed E-state index contributed by atoms with van der Waals surface area (Å²) < 4.78 is 37.0. The van der Waals surface area contributed by atoms with Crippen molar-refractivity contribution in [1.82, 2.24) is 4.98 Å². The molecule has 4 aromatic rings. The normalized spacial score (nSPS) is 11.4. The minimum Gasteiger partial charge on any atom is -0.302 e. The lowest BCUT2D eigenvalue weighted by Gasteiger charge is -2.04. The molecule has 0 aliphatic carbocycles. The molecule has 1 amide bonds. The zero-order valence-electron chi connectivity index (χ0n) is 17.4. The lowest BCUT2D eigenvalue weighted by Crippen LogP contribution is -2.14. The number of anilines is 1. The van der Waals surface area contributed by atoms with E-state index >= 15 is 0 Å². The van der Waals surface area contributed by atoms with Gasteiger partial charge in [-0.25, -0.2) is 17.8 Å². The van der Waals surface area contributed by atoms with Crippen molar-refractivity contribution in [2.45, 2.75) is 11.3 Å². The molecule has 1 aromatic heterocycles. The topological polar surface area (TPSA) is 76.1 Å². The van der Waals surface area contributed by atoms with E-state index in [2.05, 4.69) is 10.3 Å². The summed E-state index contributed by atoms with van der Waals surface area (Å²) in [6.45, 7) is 0. The molecule has 3 aromatic carbocycles. The van der Waals surface area contributed by atoms with E-state index in [1.54, 1.807) is 48.5 Å². The summed E-state index contributed by atoms with van der Waals surface area (Å²) in [6, 6.07) is 19.3. The lowest BCUT2D eigenvalue weighted by atomic mass is 10.1. The van der Waals surface area contributed by atoms with Crippen LogP contribution in [0.5, 0.6) is 0 Å².